The van der Waals surface area contributed by atoms with Crippen LogP contribution in [0.3, 0.4) is 0 Å². The predicted octanol–water partition coefficient (Wildman–Crippen LogP) is 5.86. The second-order valence-corrected chi connectivity index (χ2v) is 7.79. The van der Waals surface area contributed by atoms with E-state index in [1.54, 1.807) is 10.9 Å². The highest BCUT2D eigenvalue weighted by Crippen LogP contribution is 2.35. The number of nitrogens with one attached hydrogen (secondary N) is 1. The van der Waals surface area contributed by atoms with Gasteiger partial charge in [-0.3, -0.25) is 14.2 Å². The molecule has 4 rings (SSSR count). The molecule has 0 bridgehead atoms. The van der Waals surface area contributed by atoms with Gasteiger partial charge in [0.05, 0.1) is 30.0 Å². The Hall–Kier alpha value is -3.60. The Labute approximate surface area is 195 Å². The third-order valence-corrected chi connectivity index (χ3v) is 5.43. The van der Waals surface area contributed by atoms with Gasteiger partial charge in [0.2, 0.25) is 0 Å². The molecule has 0 atom stereocenters. The van der Waals surface area contributed by atoms with Crippen molar-refractivity contribution in [3.63, 3.8) is 0 Å². The minimum absolute atomic E-state index is 0.0577. The molecule has 0 radical (unpaired) electrons. The molecule has 0 aliphatic rings. The molecule has 0 unspecified atom stereocenters. The van der Waals surface area contributed by atoms with Crippen LogP contribution in [0.2, 0.25) is 5.02 Å². The monoisotopic (exact) mass is 495 g/mol. The number of halogens is 5. The van der Waals surface area contributed by atoms with Gasteiger partial charge in [0.15, 0.2) is 5.76 Å². The minimum Gasteiger partial charge on any atom is -0.454 e. The first-order valence-corrected chi connectivity index (χ1v) is 10.4. The quantitative estimate of drug-likeness (QED) is 0.311. The molecule has 0 aliphatic heterocycles. The summed E-state index contributed by atoms with van der Waals surface area (Å²) in [6.07, 6.45) is -3.11. The standard InChI is InChI=1S/C22H18ClF4N5O2/c1-12-4-2-3-5-13(12)9-31-10-14(8-28-31)29-22(33)16-7-6-15(34-16)11-32-19(21(26)27)17(23)18(30-32)20(24)25/h2-8,10,20-21H,9,11H2,1H3,(H,29,33). The molecule has 3 aromatic heterocycles. The van der Waals surface area contributed by atoms with E-state index in [9.17, 15) is 22.4 Å². The van der Waals surface area contributed by atoms with Gasteiger partial charge in [0.1, 0.15) is 17.1 Å². The molecule has 34 heavy (non-hydrogen) atoms. The SMILES string of the molecule is Cc1ccccc1Cn1cc(NC(=O)c2ccc(Cn3nc(C(F)F)c(Cl)c3C(F)F)o2)cn1. The first-order chi connectivity index (χ1) is 16.2. The Bertz CT molecular complexity index is 1310. The van der Waals surface area contributed by atoms with Crippen molar-refractivity contribution in [3.05, 3.63) is 87.8 Å². The predicted molar refractivity (Wildman–Crippen MR) is 115 cm³/mol. The van der Waals surface area contributed by atoms with Crippen LogP contribution < -0.4 is 5.32 Å². The summed E-state index contributed by atoms with van der Waals surface area (Å²) in [7, 11) is 0. The van der Waals surface area contributed by atoms with Crippen molar-refractivity contribution in [1.29, 1.82) is 0 Å². The van der Waals surface area contributed by atoms with Gasteiger partial charge < -0.3 is 9.73 Å². The van der Waals surface area contributed by atoms with Gasteiger partial charge in [-0.25, -0.2) is 17.6 Å². The summed E-state index contributed by atoms with van der Waals surface area (Å²) in [6.45, 7) is 2.10. The van der Waals surface area contributed by atoms with Crippen molar-refractivity contribution in [3.8, 4) is 0 Å². The highest BCUT2D eigenvalue weighted by molar-refractivity contribution is 6.32. The Morgan fingerprint density at radius 1 is 1.12 bits per heavy atom. The number of alkyl halides is 4. The van der Waals surface area contributed by atoms with Crippen LogP contribution in [0.5, 0.6) is 0 Å². The number of benzene rings is 1. The van der Waals surface area contributed by atoms with Gasteiger partial charge >= 0.3 is 0 Å². The molecule has 1 N–H and O–H groups in total. The van der Waals surface area contributed by atoms with Crippen LogP contribution in [0.1, 0.15) is 51.7 Å². The molecule has 0 aliphatic carbocycles. The zero-order valence-corrected chi connectivity index (χ0v) is 18.4. The number of furan rings is 1. The molecule has 1 aromatic carbocycles. The first-order valence-electron chi connectivity index (χ1n) is 10.0. The molecular weight excluding hydrogens is 478 g/mol. The Balaban J connectivity index is 1.44. The largest absolute Gasteiger partial charge is 0.454 e. The van der Waals surface area contributed by atoms with Crippen molar-refractivity contribution in [2.24, 2.45) is 0 Å². The van der Waals surface area contributed by atoms with Crippen LogP contribution in [-0.4, -0.2) is 25.5 Å². The summed E-state index contributed by atoms with van der Waals surface area (Å²) in [5.41, 5.74) is 0.832. The third kappa shape index (κ3) is 4.98. The Morgan fingerprint density at radius 2 is 1.88 bits per heavy atom. The molecule has 1 amide bonds. The number of amides is 1. The van der Waals surface area contributed by atoms with Crippen molar-refractivity contribution in [2.45, 2.75) is 32.9 Å². The number of aryl methyl sites for hydroxylation is 1. The van der Waals surface area contributed by atoms with Crippen LogP contribution in [-0.2, 0) is 13.1 Å². The lowest BCUT2D eigenvalue weighted by Gasteiger charge is -2.05. The van der Waals surface area contributed by atoms with Crippen LogP contribution in [0.15, 0.2) is 53.2 Å². The average Bonchev–Trinajstić information content (AvgIpc) is 3.49. The van der Waals surface area contributed by atoms with Gasteiger partial charge in [0.25, 0.3) is 18.8 Å². The van der Waals surface area contributed by atoms with Crippen LogP contribution in [0.25, 0.3) is 0 Å². The number of carbonyl (C=O) groups excluding carboxylic acids is 1. The zero-order valence-electron chi connectivity index (χ0n) is 17.7. The Kier molecular flexibility index (Phi) is 6.73. The van der Waals surface area contributed by atoms with E-state index in [1.807, 2.05) is 31.2 Å². The van der Waals surface area contributed by atoms with Gasteiger partial charge in [0, 0.05) is 6.20 Å². The normalized spacial score (nSPS) is 11.5. The van der Waals surface area contributed by atoms with E-state index in [0.717, 1.165) is 11.1 Å². The van der Waals surface area contributed by atoms with Crippen molar-refractivity contribution in [1.82, 2.24) is 19.6 Å². The van der Waals surface area contributed by atoms with E-state index >= 15 is 0 Å². The molecular formula is C22H18ClF4N5O2. The maximum atomic E-state index is 13.3. The topological polar surface area (TPSA) is 77.9 Å². The number of rotatable bonds is 8. The number of aromatic nitrogens is 4. The lowest BCUT2D eigenvalue weighted by Crippen LogP contribution is -2.10. The van der Waals surface area contributed by atoms with E-state index in [-0.39, 0.29) is 11.5 Å². The molecule has 7 nitrogen and oxygen atoms in total. The maximum absolute atomic E-state index is 13.3. The van der Waals surface area contributed by atoms with Crippen LogP contribution in [0.4, 0.5) is 23.2 Å². The molecule has 0 fully saturated rings. The lowest BCUT2D eigenvalue weighted by atomic mass is 10.1. The molecule has 4 aromatic rings. The summed E-state index contributed by atoms with van der Waals surface area (Å²) in [4.78, 5) is 12.5. The van der Waals surface area contributed by atoms with E-state index in [1.165, 1.54) is 18.3 Å². The van der Waals surface area contributed by atoms with Crippen LogP contribution in [0, 0.1) is 6.92 Å². The molecule has 0 spiro atoms. The second kappa shape index (κ2) is 9.72. The van der Waals surface area contributed by atoms with E-state index < -0.39 is 41.7 Å². The summed E-state index contributed by atoms with van der Waals surface area (Å²) < 4.78 is 60.3. The minimum atomic E-state index is -3.12. The van der Waals surface area contributed by atoms with E-state index in [2.05, 4.69) is 15.5 Å². The molecule has 0 saturated heterocycles. The fourth-order valence-electron chi connectivity index (χ4n) is 3.34. The van der Waals surface area contributed by atoms with E-state index in [4.69, 9.17) is 16.0 Å². The molecule has 0 saturated carbocycles. The summed E-state index contributed by atoms with van der Waals surface area (Å²) in [5.74, 6) is -0.641. The van der Waals surface area contributed by atoms with E-state index in [0.29, 0.717) is 16.9 Å². The van der Waals surface area contributed by atoms with Gasteiger partial charge in [-0.05, 0) is 30.2 Å². The average molecular weight is 496 g/mol. The summed E-state index contributed by atoms with van der Waals surface area (Å²) in [5, 5.41) is 9.54. The lowest BCUT2D eigenvalue weighted by molar-refractivity contribution is 0.0994. The van der Waals surface area contributed by atoms with Crippen molar-refractivity contribution < 1.29 is 26.8 Å². The Morgan fingerprint density at radius 3 is 2.59 bits per heavy atom. The number of anilines is 1. The first kappa shape index (κ1) is 23.6. The molecule has 178 valence electrons. The van der Waals surface area contributed by atoms with Gasteiger partial charge in [-0.15, -0.1) is 0 Å². The summed E-state index contributed by atoms with van der Waals surface area (Å²) in [6, 6.07) is 10.5. The van der Waals surface area contributed by atoms with Gasteiger partial charge in [-0.2, -0.15) is 10.2 Å². The smallest absolute Gasteiger partial charge is 0.291 e. The second-order valence-electron chi connectivity index (χ2n) is 7.42. The highest BCUT2D eigenvalue weighted by atomic mass is 35.5. The zero-order chi connectivity index (χ0) is 24.4. The third-order valence-electron chi connectivity index (χ3n) is 5.05. The number of nitrogens with zero attached hydrogens (tertiary/aromatic N) is 4. The maximum Gasteiger partial charge on any atom is 0.291 e. The fraction of sp³-hybridized carbons (Fsp3) is 0.227. The molecule has 3 heterocycles. The number of hydrogen-bond donors (Lipinski definition) is 1. The molecule has 12 heteroatoms. The number of carbonyl (C=O) groups is 1. The highest BCUT2D eigenvalue weighted by Gasteiger charge is 2.28. The number of hydrogen-bond acceptors (Lipinski definition) is 4. The van der Waals surface area contributed by atoms with Crippen LogP contribution >= 0.6 is 11.6 Å². The van der Waals surface area contributed by atoms with Gasteiger partial charge in [-0.1, -0.05) is 35.9 Å². The fourth-order valence-corrected chi connectivity index (χ4v) is 3.64. The van der Waals surface area contributed by atoms with Crippen molar-refractivity contribution >= 4 is 23.2 Å². The summed E-state index contributed by atoms with van der Waals surface area (Å²) >= 11 is 5.65. The van der Waals surface area contributed by atoms with Crippen molar-refractivity contribution in [2.75, 3.05) is 5.32 Å².